The van der Waals surface area contributed by atoms with Crippen molar-refractivity contribution < 1.29 is 13.5 Å². The van der Waals surface area contributed by atoms with Gasteiger partial charge in [-0.1, -0.05) is 33.6 Å². The van der Waals surface area contributed by atoms with Crippen molar-refractivity contribution in [1.29, 1.82) is 0 Å². The molecule has 142 valence electrons. The Kier molecular flexibility index (Phi) is 9.24. The van der Waals surface area contributed by atoms with Crippen LogP contribution in [0.3, 0.4) is 0 Å². The number of ether oxygens (including phenoxy) is 1. The summed E-state index contributed by atoms with van der Waals surface area (Å²) < 4.78 is 31.1. The predicted octanol–water partition coefficient (Wildman–Crippen LogP) is 5.63. The first-order valence-corrected chi connectivity index (χ1v) is 9.12. The number of hydrogen-bond donors (Lipinski definition) is 2. The first-order valence-electron chi connectivity index (χ1n) is 9.12. The molecule has 0 aliphatic carbocycles. The van der Waals surface area contributed by atoms with Gasteiger partial charge < -0.3 is 10.5 Å². The predicted molar refractivity (Wildman–Crippen MR) is 100 cm³/mol. The van der Waals surface area contributed by atoms with Crippen molar-refractivity contribution in [3.05, 3.63) is 17.9 Å². The maximum Gasteiger partial charge on any atom is 0.156 e. The number of fused-ring (bicyclic) bond motifs is 1. The highest BCUT2D eigenvalue weighted by atomic mass is 19.1. The Morgan fingerprint density at radius 1 is 1.20 bits per heavy atom. The summed E-state index contributed by atoms with van der Waals surface area (Å²) in [5, 5.41) is 6.85. The van der Waals surface area contributed by atoms with E-state index in [1.165, 1.54) is 6.07 Å². The molecule has 0 aliphatic heterocycles. The molecule has 0 aliphatic rings. The molecule has 4 nitrogen and oxygen atoms in total. The number of halogens is 2. The van der Waals surface area contributed by atoms with Gasteiger partial charge in [-0.05, 0) is 32.1 Å². The van der Waals surface area contributed by atoms with E-state index >= 15 is 0 Å². The number of aromatic nitrogens is 2. The molecular weight excluding hydrogens is 324 g/mol. The normalized spacial score (nSPS) is 12.1. The lowest BCUT2D eigenvalue weighted by atomic mass is 9.99. The summed E-state index contributed by atoms with van der Waals surface area (Å²) >= 11 is 0. The molecule has 3 N–H and O–H groups in total. The lowest BCUT2D eigenvalue weighted by Gasteiger charge is -2.16. The molecule has 0 spiro atoms. The van der Waals surface area contributed by atoms with Crippen LogP contribution in [0.2, 0.25) is 0 Å². The highest BCUT2D eigenvalue weighted by molar-refractivity contribution is 5.90. The number of alkyl halides is 1. The van der Waals surface area contributed by atoms with Crippen molar-refractivity contribution in [2.45, 2.75) is 66.0 Å². The number of anilines is 1. The van der Waals surface area contributed by atoms with E-state index in [0.29, 0.717) is 35.6 Å². The van der Waals surface area contributed by atoms with Gasteiger partial charge in [0, 0.05) is 12.1 Å². The summed E-state index contributed by atoms with van der Waals surface area (Å²) in [5.41, 5.74) is 6.17. The monoisotopic (exact) mass is 355 g/mol. The maximum absolute atomic E-state index is 13.9. The van der Waals surface area contributed by atoms with E-state index < -0.39 is 12.0 Å². The van der Waals surface area contributed by atoms with Crippen LogP contribution in [0.1, 0.15) is 59.8 Å². The molecule has 0 bridgehead atoms. The topological polar surface area (TPSA) is 63.9 Å². The first kappa shape index (κ1) is 21.2. The van der Waals surface area contributed by atoms with Crippen LogP contribution in [-0.4, -0.2) is 23.0 Å². The van der Waals surface area contributed by atoms with E-state index in [4.69, 9.17) is 10.5 Å². The number of nitrogens with two attached hydrogens (primary N) is 1. The summed E-state index contributed by atoms with van der Waals surface area (Å²) in [6.07, 6.45) is 4.57. The summed E-state index contributed by atoms with van der Waals surface area (Å²) in [6, 6.07) is 3.12. The fraction of sp³-hybridized carbons (Fsp3) is 0.632. The minimum absolute atomic E-state index is 0.180. The van der Waals surface area contributed by atoms with Gasteiger partial charge in [0.25, 0.3) is 0 Å². The Morgan fingerprint density at radius 3 is 2.32 bits per heavy atom. The van der Waals surface area contributed by atoms with Crippen molar-refractivity contribution in [3.63, 3.8) is 0 Å². The molecule has 0 saturated carbocycles. The molecule has 6 heteroatoms. The lowest BCUT2D eigenvalue weighted by molar-refractivity contribution is 0.229. The maximum atomic E-state index is 13.9. The third kappa shape index (κ3) is 6.88. The second-order valence-corrected chi connectivity index (χ2v) is 6.38. The number of nitrogen functional groups attached to an aromatic ring is 1. The van der Waals surface area contributed by atoms with Crippen molar-refractivity contribution in [1.82, 2.24) is 10.2 Å². The van der Waals surface area contributed by atoms with Crippen LogP contribution in [0.25, 0.3) is 10.9 Å². The molecule has 1 aromatic carbocycles. The van der Waals surface area contributed by atoms with Gasteiger partial charge >= 0.3 is 0 Å². The molecule has 2 rings (SSSR count). The van der Waals surface area contributed by atoms with E-state index in [-0.39, 0.29) is 5.82 Å². The Labute approximate surface area is 149 Å². The van der Waals surface area contributed by atoms with E-state index in [2.05, 4.69) is 24.0 Å². The fourth-order valence-electron chi connectivity index (χ4n) is 2.53. The third-order valence-corrected chi connectivity index (χ3v) is 4.06. The van der Waals surface area contributed by atoms with Gasteiger partial charge in [0.2, 0.25) is 0 Å². The molecule has 2 aromatic rings. The number of H-pyrrole nitrogens is 1. The summed E-state index contributed by atoms with van der Waals surface area (Å²) in [5.74, 6) is 0.830. The molecular formula is C19H31F2N3O. The summed E-state index contributed by atoms with van der Waals surface area (Å²) in [7, 11) is 0. The van der Waals surface area contributed by atoms with Gasteiger partial charge in [0.15, 0.2) is 5.82 Å². The van der Waals surface area contributed by atoms with E-state index in [1.807, 2.05) is 6.92 Å². The quantitative estimate of drug-likeness (QED) is 0.644. The van der Waals surface area contributed by atoms with Crippen LogP contribution >= 0.6 is 0 Å². The van der Waals surface area contributed by atoms with Gasteiger partial charge in [0.1, 0.15) is 11.6 Å². The molecule has 1 unspecified atom stereocenters. The van der Waals surface area contributed by atoms with E-state index in [1.54, 1.807) is 13.0 Å². The van der Waals surface area contributed by atoms with Gasteiger partial charge in [0.05, 0.1) is 23.7 Å². The zero-order valence-electron chi connectivity index (χ0n) is 15.7. The van der Waals surface area contributed by atoms with Crippen LogP contribution in [-0.2, 0) is 0 Å². The molecule has 0 radical (unpaired) electrons. The molecule has 25 heavy (non-hydrogen) atoms. The average molecular weight is 355 g/mol. The largest absolute Gasteiger partial charge is 0.493 e. The number of nitrogens with one attached hydrogen (secondary N) is 1. The zero-order chi connectivity index (χ0) is 18.8. The highest BCUT2D eigenvalue weighted by Gasteiger charge is 2.12. The van der Waals surface area contributed by atoms with Gasteiger partial charge in [-0.15, -0.1) is 0 Å². The third-order valence-electron chi connectivity index (χ3n) is 4.06. The number of rotatable bonds is 8. The lowest BCUT2D eigenvalue weighted by Crippen LogP contribution is -2.12. The molecule has 1 aromatic heterocycles. The van der Waals surface area contributed by atoms with Crippen molar-refractivity contribution in [2.75, 3.05) is 12.3 Å². The second kappa shape index (κ2) is 10.9. The van der Waals surface area contributed by atoms with Crippen LogP contribution in [0.15, 0.2) is 12.1 Å². The number of hydrogen-bond acceptors (Lipinski definition) is 3. The van der Waals surface area contributed by atoms with Gasteiger partial charge in [-0.3, -0.25) is 5.10 Å². The Hall–Kier alpha value is -1.85. The molecule has 1 atom stereocenters. The van der Waals surface area contributed by atoms with Gasteiger partial charge in [-0.2, -0.15) is 5.10 Å². The SMILES string of the molecule is CCC(C)F.CCCC(CCC)COc1cc(F)c2c(N)n[nH]c2c1. The summed E-state index contributed by atoms with van der Waals surface area (Å²) in [6.45, 7) is 8.34. The molecule has 1 heterocycles. The van der Waals surface area contributed by atoms with Gasteiger partial charge in [-0.25, -0.2) is 8.78 Å². The minimum Gasteiger partial charge on any atom is -0.493 e. The summed E-state index contributed by atoms with van der Waals surface area (Å²) in [4.78, 5) is 0. The standard InChI is InChI=1S/C15H22FN3O.C4H9F/c1-3-5-10(6-4-2)9-20-11-7-12(16)14-13(8-11)18-19-15(14)17;1-3-4(2)5/h7-8,10H,3-6,9H2,1-2H3,(H3,17,18,19);4H,3H2,1-2H3. The van der Waals surface area contributed by atoms with E-state index in [9.17, 15) is 8.78 Å². The molecule has 0 fully saturated rings. The van der Waals surface area contributed by atoms with Crippen molar-refractivity contribution in [2.24, 2.45) is 5.92 Å². The number of nitrogens with zero attached hydrogens (tertiary/aromatic N) is 1. The Bertz CT molecular complexity index is 622. The average Bonchev–Trinajstić information content (AvgIpc) is 2.95. The molecule has 0 saturated heterocycles. The molecule has 0 amide bonds. The first-order chi connectivity index (χ1) is 11.9. The van der Waals surface area contributed by atoms with Crippen molar-refractivity contribution >= 4 is 16.7 Å². The van der Waals surface area contributed by atoms with Crippen LogP contribution in [0.4, 0.5) is 14.6 Å². The highest BCUT2D eigenvalue weighted by Crippen LogP contribution is 2.27. The smallest absolute Gasteiger partial charge is 0.156 e. The second-order valence-electron chi connectivity index (χ2n) is 6.38. The minimum atomic E-state index is -0.616. The number of aromatic amines is 1. The Balaban J connectivity index is 0.000000550. The zero-order valence-corrected chi connectivity index (χ0v) is 15.7. The van der Waals surface area contributed by atoms with Crippen LogP contribution in [0.5, 0.6) is 5.75 Å². The van der Waals surface area contributed by atoms with Crippen molar-refractivity contribution in [3.8, 4) is 5.75 Å². The fourth-order valence-corrected chi connectivity index (χ4v) is 2.53. The van der Waals surface area contributed by atoms with E-state index in [0.717, 1.165) is 25.7 Å². The van der Waals surface area contributed by atoms with Crippen LogP contribution < -0.4 is 10.5 Å². The van der Waals surface area contributed by atoms with Crippen LogP contribution in [0, 0.1) is 11.7 Å². The number of benzene rings is 1. The Morgan fingerprint density at radius 2 is 1.80 bits per heavy atom.